The van der Waals surface area contributed by atoms with Crippen molar-refractivity contribution in [2.45, 2.75) is 32.2 Å². The SMILES string of the molecule is CC(OC(=O)c1cccc(N2CCCC2=O)c1)C(=O)Nc1ccc(OC(F)(F)F)cc1. The first-order chi connectivity index (χ1) is 14.6. The van der Waals surface area contributed by atoms with Crippen molar-refractivity contribution in [3.05, 3.63) is 54.1 Å². The zero-order chi connectivity index (χ0) is 22.6. The minimum atomic E-state index is -4.81. The van der Waals surface area contributed by atoms with Gasteiger partial charge in [0.2, 0.25) is 5.91 Å². The summed E-state index contributed by atoms with van der Waals surface area (Å²) in [5.74, 6) is -1.86. The summed E-state index contributed by atoms with van der Waals surface area (Å²) < 4.78 is 45.5. The second-order valence-corrected chi connectivity index (χ2v) is 6.81. The standard InChI is InChI=1S/C21H19F3N2O5/c1-13(19(28)25-15-7-9-17(10-8-15)31-21(22,23)24)30-20(29)14-4-2-5-16(12-14)26-11-3-6-18(26)27/h2,4-5,7-10,12-13H,3,6,11H2,1H3,(H,25,28). The molecule has 1 fully saturated rings. The van der Waals surface area contributed by atoms with E-state index in [2.05, 4.69) is 10.1 Å². The van der Waals surface area contributed by atoms with E-state index < -0.39 is 30.1 Å². The molecular weight excluding hydrogens is 417 g/mol. The predicted molar refractivity (Wildman–Crippen MR) is 105 cm³/mol. The largest absolute Gasteiger partial charge is 0.573 e. The van der Waals surface area contributed by atoms with Gasteiger partial charge in [0.1, 0.15) is 5.75 Å². The molecule has 1 aliphatic heterocycles. The Morgan fingerprint density at radius 2 is 1.84 bits per heavy atom. The fraction of sp³-hybridized carbons (Fsp3) is 0.286. The Bertz CT molecular complexity index is 976. The van der Waals surface area contributed by atoms with Crippen molar-refractivity contribution in [3.8, 4) is 5.75 Å². The van der Waals surface area contributed by atoms with E-state index >= 15 is 0 Å². The fourth-order valence-electron chi connectivity index (χ4n) is 2.99. The van der Waals surface area contributed by atoms with Gasteiger partial charge in [-0.25, -0.2) is 4.79 Å². The lowest BCUT2D eigenvalue weighted by Crippen LogP contribution is -2.30. The molecular formula is C21H19F3N2O5. The first-order valence-electron chi connectivity index (χ1n) is 9.40. The molecule has 1 N–H and O–H groups in total. The predicted octanol–water partition coefficient (Wildman–Crippen LogP) is 3.90. The van der Waals surface area contributed by atoms with Crippen LogP contribution in [0, 0.1) is 0 Å². The summed E-state index contributed by atoms with van der Waals surface area (Å²) in [6.07, 6.45) is -4.79. The second-order valence-electron chi connectivity index (χ2n) is 6.81. The summed E-state index contributed by atoms with van der Waals surface area (Å²) in [6.45, 7) is 1.94. The van der Waals surface area contributed by atoms with Gasteiger partial charge in [-0.15, -0.1) is 13.2 Å². The molecule has 1 aliphatic rings. The first kappa shape index (κ1) is 22.1. The summed E-state index contributed by atoms with van der Waals surface area (Å²) in [6, 6.07) is 10.9. The lowest BCUT2D eigenvalue weighted by atomic mass is 10.2. The van der Waals surface area contributed by atoms with E-state index in [1.165, 1.54) is 31.2 Å². The van der Waals surface area contributed by atoms with Gasteiger partial charge in [-0.3, -0.25) is 9.59 Å². The number of hydrogen-bond acceptors (Lipinski definition) is 5. The molecule has 164 valence electrons. The second kappa shape index (κ2) is 9.07. The van der Waals surface area contributed by atoms with E-state index in [9.17, 15) is 27.6 Å². The average Bonchev–Trinajstić information content (AvgIpc) is 3.14. The molecule has 2 amide bonds. The Kier molecular flexibility index (Phi) is 6.47. The van der Waals surface area contributed by atoms with Gasteiger partial charge in [-0.1, -0.05) is 6.07 Å². The number of ether oxygens (including phenoxy) is 2. The maximum Gasteiger partial charge on any atom is 0.573 e. The lowest BCUT2D eigenvalue weighted by Gasteiger charge is -2.17. The fourth-order valence-corrected chi connectivity index (χ4v) is 2.99. The van der Waals surface area contributed by atoms with E-state index in [1.54, 1.807) is 17.0 Å². The smallest absolute Gasteiger partial charge is 0.449 e. The third kappa shape index (κ3) is 5.97. The molecule has 7 nitrogen and oxygen atoms in total. The molecule has 0 aliphatic carbocycles. The highest BCUT2D eigenvalue weighted by molar-refractivity contribution is 5.99. The summed E-state index contributed by atoms with van der Waals surface area (Å²) in [7, 11) is 0. The molecule has 2 aromatic carbocycles. The zero-order valence-electron chi connectivity index (χ0n) is 16.4. The molecule has 2 aromatic rings. The molecule has 3 rings (SSSR count). The van der Waals surface area contributed by atoms with E-state index in [0.717, 1.165) is 18.6 Å². The highest BCUT2D eigenvalue weighted by atomic mass is 19.4. The van der Waals surface area contributed by atoms with Crippen molar-refractivity contribution < 1.29 is 37.0 Å². The number of nitrogens with one attached hydrogen (secondary N) is 1. The molecule has 10 heteroatoms. The number of alkyl halides is 3. The Hall–Kier alpha value is -3.56. The number of amides is 2. The van der Waals surface area contributed by atoms with Crippen molar-refractivity contribution in [2.75, 3.05) is 16.8 Å². The number of carbonyl (C=O) groups excluding carboxylic acids is 3. The van der Waals surface area contributed by atoms with Crippen LogP contribution in [-0.2, 0) is 14.3 Å². The topological polar surface area (TPSA) is 84.9 Å². The third-order valence-corrected chi connectivity index (χ3v) is 4.48. The number of carbonyl (C=O) groups is 3. The van der Waals surface area contributed by atoms with Crippen LogP contribution in [-0.4, -0.2) is 36.8 Å². The summed E-state index contributed by atoms with van der Waals surface area (Å²) in [5.41, 5.74) is 0.970. The minimum Gasteiger partial charge on any atom is -0.449 e. The molecule has 0 saturated carbocycles. The van der Waals surface area contributed by atoms with E-state index in [0.29, 0.717) is 18.7 Å². The van der Waals surface area contributed by atoms with Crippen molar-refractivity contribution in [1.82, 2.24) is 0 Å². The molecule has 0 aromatic heterocycles. The molecule has 31 heavy (non-hydrogen) atoms. The number of esters is 1. The van der Waals surface area contributed by atoms with Gasteiger partial charge < -0.3 is 19.7 Å². The van der Waals surface area contributed by atoms with E-state index in [4.69, 9.17) is 4.74 Å². The quantitative estimate of drug-likeness (QED) is 0.695. The number of rotatable bonds is 6. The Labute approximate surface area is 175 Å². The van der Waals surface area contributed by atoms with Gasteiger partial charge in [0, 0.05) is 24.3 Å². The number of nitrogens with zero attached hydrogens (tertiary/aromatic N) is 1. The van der Waals surface area contributed by atoms with Crippen LogP contribution in [0.4, 0.5) is 24.5 Å². The molecule has 1 saturated heterocycles. The summed E-state index contributed by atoms with van der Waals surface area (Å²) in [5, 5.41) is 2.44. The highest BCUT2D eigenvalue weighted by Gasteiger charge is 2.31. The van der Waals surface area contributed by atoms with Crippen LogP contribution in [0.15, 0.2) is 48.5 Å². The van der Waals surface area contributed by atoms with Gasteiger partial charge in [-0.2, -0.15) is 0 Å². The van der Waals surface area contributed by atoms with Gasteiger partial charge in [0.25, 0.3) is 5.91 Å². The maximum absolute atomic E-state index is 12.4. The monoisotopic (exact) mass is 436 g/mol. The molecule has 1 atom stereocenters. The Morgan fingerprint density at radius 3 is 2.45 bits per heavy atom. The van der Waals surface area contributed by atoms with Crippen LogP contribution < -0.4 is 15.0 Å². The van der Waals surface area contributed by atoms with Gasteiger partial charge >= 0.3 is 12.3 Å². The van der Waals surface area contributed by atoms with Crippen LogP contribution in [0.1, 0.15) is 30.1 Å². The summed E-state index contributed by atoms with van der Waals surface area (Å²) in [4.78, 5) is 38.1. The molecule has 0 radical (unpaired) electrons. The molecule has 1 heterocycles. The average molecular weight is 436 g/mol. The number of hydrogen-bond donors (Lipinski definition) is 1. The van der Waals surface area contributed by atoms with Gasteiger partial charge in [0.15, 0.2) is 6.10 Å². The molecule has 1 unspecified atom stereocenters. The van der Waals surface area contributed by atoms with Crippen molar-refractivity contribution in [2.24, 2.45) is 0 Å². The van der Waals surface area contributed by atoms with Gasteiger partial charge in [0.05, 0.1) is 5.56 Å². The van der Waals surface area contributed by atoms with Crippen LogP contribution in [0.5, 0.6) is 5.75 Å². The minimum absolute atomic E-state index is 0.0232. The van der Waals surface area contributed by atoms with Crippen LogP contribution in [0.3, 0.4) is 0 Å². The van der Waals surface area contributed by atoms with E-state index in [1.807, 2.05) is 0 Å². The maximum atomic E-state index is 12.4. The van der Waals surface area contributed by atoms with Crippen LogP contribution in [0.25, 0.3) is 0 Å². The molecule has 0 bridgehead atoms. The Morgan fingerprint density at radius 1 is 1.13 bits per heavy atom. The zero-order valence-corrected chi connectivity index (χ0v) is 16.4. The van der Waals surface area contributed by atoms with Crippen LogP contribution >= 0.6 is 0 Å². The van der Waals surface area contributed by atoms with Gasteiger partial charge in [-0.05, 0) is 55.8 Å². The molecule has 0 spiro atoms. The number of benzene rings is 2. The summed E-state index contributed by atoms with van der Waals surface area (Å²) >= 11 is 0. The van der Waals surface area contributed by atoms with Crippen LogP contribution in [0.2, 0.25) is 0 Å². The van der Waals surface area contributed by atoms with Crippen molar-refractivity contribution in [3.63, 3.8) is 0 Å². The Balaban J connectivity index is 1.58. The number of anilines is 2. The van der Waals surface area contributed by atoms with Crippen molar-refractivity contribution >= 4 is 29.2 Å². The third-order valence-electron chi connectivity index (χ3n) is 4.48. The van der Waals surface area contributed by atoms with E-state index in [-0.39, 0.29) is 17.2 Å². The first-order valence-corrected chi connectivity index (χ1v) is 9.40. The highest BCUT2D eigenvalue weighted by Crippen LogP contribution is 2.25. The number of halogens is 3. The van der Waals surface area contributed by atoms with Crippen molar-refractivity contribution in [1.29, 1.82) is 0 Å². The lowest BCUT2D eigenvalue weighted by molar-refractivity contribution is -0.274. The normalized spacial score (nSPS) is 14.8.